The number of ketones is 1. The number of nitrogens with zero attached hydrogens (tertiary/aromatic N) is 1. The molecule has 2 nitrogen and oxygen atoms in total. The van der Waals surface area contributed by atoms with E-state index in [-0.39, 0.29) is 5.78 Å². The van der Waals surface area contributed by atoms with Gasteiger partial charge in [0.2, 0.25) is 0 Å². The minimum atomic E-state index is -4.24. The predicted molar refractivity (Wildman–Crippen MR) is 48.1 cm³/mol. The average Bonchev–Trinajstić information content (AvgIpc) is 1.99. The Kier molecular flexibility index (Phi) is 5.12. The molecule has 0 aromatic rings. The zero-order valence-electron chi connectivity index (χ0n) is 8.69. The molecular formula is C9H16F3NO. The predicted octanol–water partition coefficient (Wildman–Crippen LogP) is 2.24. The monoisotopic (exact) mass is 211 g/mol. The molecule has 0 aliphatic rings. The van der Waals surface area contributed by atoms with Crippen molar-refractivity contribution in [2.75, 3.05) is 13.1 Å². The summed E-state index contributed by atoms with van der Waals surface area (Å²) >= 11 is 0. The molecule has 14 heavy (non-hydrogen) atoms. The molecule has 1 atom stereocenters. The average molecular weight is 211 g/mol. The molecule has 0 heterocycles. The van der Waals surface area contributed by atoms with E-state index in [4.69, 9.17) is 0 Å². The standard InChI is InChI=1S/C9H16F3NO/c1-4-5-13(6-9(10,11)12)7(2)8(3)14/h7H,4-6H2,1-3H3. The van der Waals surface area contributed by atoms with Gasteiger partial charge in [-0.1, -0.05) is 6.92 Å². The molecule has 0 amide bonds. The van der Waals surface area contributed by atoms with Gasteiger partial charge >= 0.3 is 6.18 Å². The molecule has 84 valence electrons. The van der Waals surface area contributed by atoms with E-state index in [0.29, 0.717) is 13.0 Å². The summed E-state index contributed by atoms with van der Waals surface area (Å²) in [5.74, 6) is -0.234. The summed E-state index contributed by atoms with van der Waals surface area (Å²) in [5.41, 5.74) is 0. The molecule has 0 saturated heterocycles. The zero-order valence-corrected chi connectivity index (χ0v) is 8.69. The normalized spacial score (nSPS) is 14.5. The van der Waals surface area contributed by atoms with Gasteiger partial charge in [-0.15, -0.1) is 0 Å². The Labute approximate surface area is 82.1 Å². The van der Waals surface area contributed by atoms with Gasteiger partial charge in [-0.2, -0.15) is 13.2 Å². The van der Waals surface area contributed by atoms with Crippen LogP contribution in [0.15, 0.2) is 0 Å². The van der Waals surface area contributed by atoms with Crippen molar-refractivity contribution in [3.63, 3.8) is 0 Å². The highest BCUT2D eigenvalue weighted by atomic mass is 19.4. The highest BCUT2D eigenvalue weighted by Gasteiger charge is 2.33. The maximum absolute atomic E-state index is 12.1. The number of rotatable bonds is 5. The van der Waals surface area contributed by atoms with Gasteiger partial charge in [0.15, 0.2) is 0 Å². The Morgan fingerprint density at radius 1 is 1.43 bits per heavy atom. The minimum Gasteiger partial charge on any atom is -0.298 e. The molecule has 5 heteroatoms. The van der Waals surface area contributed by atoms with Crippen LogP contribution in [0.3, 0.4) is 0 Å². The van der Waals surface area contributed by atoms with Crippen LogP contribution in [-0.2, 0) is 4.79 Å². The first kappa shape index (κ1) is 13.4. The minimum absolute atomic E-state index is 0.234. The van der Waals surface area contributed by atoms with E-state index in [0.717, 1.165) is 4.90 Å². The van der Waals surface area contributed by atoms with Crippen molar-refractivity contribution in [1.29, 1.82) is 0 Å². The van der Waals surface area contributed by atoms with Crippen molar-refractivity contribution in [3.8, 4) is 0 Å². The number of hydrogen-bond acceptors (Lipinski definition) is 2. The molecule has 0 fully saturated rings. The number of alkyl halides is 3. The van der Waals surface area contributed by atoms with E-state index in [1.807, 2.05) is 0 Å². The van der Waals surface area contributed by atoms with E-state index >= 15 is 0 Å². The molecule has 0 spiro atoms. The quantitative estimate of drug-likeness (QED) is 0.695. The maximum atomic E-state index is 12.1. The first-order valence-electron chi connectivity index (χ1n) is 4.59. The highest BCUT2D eigenvalue weighted by Crippen LogP contribution is 2.18. The zero-order chi connectivity index (χ0) is 11.4. The van der Waals surface area contributed by atoms with E-state index in [2.05, 4.69) is 0 Å². The molecule has 0 saturated carbocycles. The fourth-order valence-electron chi connectivity index (χ4n) is 1.18. The van der Waals surface area contributed by atoms with Crippen molar-refractivity contribution < 1.29 is 18.0 Å². The van der Waals surface area contributed by atoms with Gasteiger partial charge in [-0.3, -0.25) is 9.69 Å². The lowest BCUT2D eigenvalue weighted by molar-refractivity contribution is -0.153. The van der Waals surface area contributed by atoms with Crippen molar-refractivity contribution in [1.82, 2.24) is 4.90 Å². The van der Waals surface area contributed by atoms with Crippen molar-refractivity contribution in [3.05, 3.63) is 0 Å². The first-order valence-corrected chi connectivity index (χ1v) is 4.59. The molecule has 0 aliphatic carbocycles. The third-order valence-electron chi connectivity index (χ3n) is 2.03. The number of Topliss-reactive ketones (excluding diaryl/α,β-unsaturated/α-hetero) is 1. The second kappa shape index (κ2) is 5.34. The van der Waals surface area contributed by atoms with Crippen LogP contribution in [0.5, 0.6) is 0 Å². The lowest BCUT2D eigenvalue weighted by atomic mass is 10.2. The van der Waals surface area contributed by atoms with Gasteiger partial charge in [0.1, 0.15) is 5.78 Å². The lowest BCUT2D eigenvalue weighted by Crippen LogP contribution is -2.44. The van der Waals surface area contributed by atoms with Gasteiger partial charge in [0.05, 0.1) is 12.6 Å². The summed E-state index contributed by atoms with van der Waals surface area (Å²) in [6, 6.07) is -0.656. The Morgan fingerprint density at radius 2 is 1.93 bits per heavy atom. The van der Waals surface area contributed by atoms with Crippen LogP contribution in [-0.4, -0.2) is 36.0 Å². The van der Waals surface area contributed by atoms with Crippen LogP contribution < -0.4 is 0 Å². The Morgan fingerprint density at radius 3 is 2.21 bits per heavy atom. The second-order valence-electron chi connectivity index (χ2n) is 3.37. The summed E-state index contributed by atoms with van der Waals surface area (Å²) in [5, 5.41) is 0. The van der Waals surface area contributed by atoms with Gasteiger partial charge < -0.3 is 0 Å². The summed E-state index contributed by atoms with van der Waals surface area (Å²) < 4.78 is 36.3. The van der Waals surface area contributed by atoms with Crippen LogP contribution in [0.1, 0.15) is 27.2 Å². The van der Waals surface area contributed by atoms with Crippen LogP contribution >= 0.6 is 0 Å². The van der Waals surface area contributed by atoms with Gasteiger partial charge in [-0.25, -0.2) is 0 Å². The number of carbonyl (C=O) groups is 1. The van der Waals surface area contributed by atoms with Gasteiger partial charge in [0, 0.05) is 0 Å². The van der Waals surface area contributed by atoms with Gasteiger partial charge in [0.25, 0.3) is 0 Å². The highest BCUT2D eigenvalue weighted by molar-refractivity contribution is 5.80. The number of carbonyl (C=O) groups excluding carboxylic acids is 1. The van der Waals surface area contributed by atoms with E-state index < -0.39 is 18.8 Å². The maximum Gasteiger partial charge on any atom is 0.401 e. The van der Waals surface area contributed by atoms with Crippen molar-refractivity contribution >= 4 is 5.78 Å². The molecule has 0 aromatic carbocycles. The molecule has 1 unspecified atom stereocenters. The fraction of sp³-hybridized carbons (Fsp3) is 0.889. The van der Waals surface area contributed by atoms with Crippen LogP contribution in [0.4, 0.5) is 13.2 Å². The summed E-state index contributed by atoms with van der Waals surface area (Å²) in [4.78, 5) is 12.1. The van der Waals surface area contributed by atoms with Crippen molar-refractivity contribution in [2.24, 2.45) is 0 Å². The first-order chi connectivity index (χ1) is 6.28. The third kappa shape index (κ3) is 5.21. The molecule has 0 aliphatic heterocycles. The smallest absolute Gasteiger partial charge is 0.298 e. The number of hydrogen-bond donors (Lipinski definition) is 0. The van der Waals surface area contributed by atoms with E-state index in [9.17, 15) is 18.0 Å². The van der Waals surface area contributed by atoms with Gasteiger partial charge in [-0.05, 0) is 26.8 Å². The SMILES string of the molecule is CCCN(CC(F)(F)F)C(C)C(C)=O. The summed E-state index contributed by atoms with van der Waals surface area (Å²) in [6.07, 6.45) is -3.63. The lowest BCUT2D eigenvalue weighted by Gasteiger charge is -2.27. The topological polar surface area (TPSA) is 20.3 Å². The van der Waals surface area contributed by atoms with Crippen LogP contribution in [0, 0.1) is 0 Å². The molecule has 0 radical (unpaired) electrons. The second-order valence-corrected chi connectivity index (χ2v) is 3.37. The van der Waals surface area contributed by atoms with E-state index in [1.165, 1.54) is 13.8 Å². The summed E-state index contributed by atoms with van der Waals surface area (Å²) in [6.45, 7) is 3.88. The third-order valence-corrected chi connectivity index (χ3v) is 2.03. The molecule has 0 N–H and O–H groups in total. The number of halogens is 3. The Hall–Kier alpha value is -0.580. The fourth-order valence-corrected chi connectivity index (χ4v) is 1.18. The van der Waals surface area contributed by atoms with E-state index in [1.54, 1.807) is 6.92 Å². The summed E-state index contributed by atoms with van der Waals surface area (Å²) in [7, 11) is 0. The van der Waals surface area contributed by atoms with Crippen LogP contribution in [0.2, 0.25) is 0 Å². The molecule has 0 rings (SSSR count). The largest absolute Gasteiger partial charge is 0.401 e. The van der Waals surface area contributed by atoms with Crippen molar-refractivity contribution in [2.45, 2.75) is 39.4 Å². The van der Waals surface area contributed by atoms with Crippen LogP contribution in [0.25, 0.3) is 0 Å². The Balaban J connectivity index is 4.36. The molecular weight excluding hydrogens is 195 g/mol. The molecule has 0 bridgehead atoms. The molecule has 0 aromatic heterocycles. The Bertz CT molecular complexity index is 191.